The minimum Gasteiger partial charge on any atom is -0.384 e. The number of hydrogen-bond acceptors (Lipinski definition) is 5. The highest BCUT2D eigenvalue weighted by atomic mass is 32.2. The Balaban J connectivity index is 2.39. The molecule has 98 valence electrons. The lowest BCUT2D eigenvalue weighted by Crippen LogP contribution is -1.97. The maximum atomic E-state index is 11.0. The lowest BCUT2D eigenvalue weighted by molar-refractivity contribution is -0.388. The van der Waals surface area contributed by atoms with Gasteiger partial charge in [-0.2, -0.15) is 0 Å². The second kappa shape index (κ2) is 5.27. The molecule has 5 nitrogen and oxygen atoms in total. The number of hydrogen-bond donors (Lipinski definition) is 1. The first kappa shape index (κ1) is 13.4. The Hall–Kier alpha value is -2.08. The molecule has 0 atom stereocenters. The lowest BCUT2D eigenvalue weighted by Gasteiger charge is -2.05. The summed E-state index contributed by atoms with van der Waals surface area (Å²) in [6.07, 6.45) is 0. The second-order valence-electron chi connectivity index (χ2n) is 4.17. The lowest BCUT2D eigenvalue weighted by atomic mass is 10.1. The van der Waals surface area contributed by atoms with Gasteiger partial charge in [0, 0.05) is 11.0 Å². The summed E-state index contributed by atoms with van der Waals surface area (Å²) >= 11 is 1.25. The van der Waals surface area contributed by atoms with Gasteiger partial charge in [-0.3, -0.25) is 10.1 Å². The summed E-state index contributed by atoms with van der Waals surface area (Å²) in [6.45, 7) is 4.02. The van der Waals surface area contributed by atoms with Crippen LogP contribution >= 0.6 is 11.8 Å². The van der Waals surface area contributed by atoms with E-state index >= 15 is 0 Å². The molecule has 0 spiro atoms. The third kappa shape index (κ3) is 3.03. The third-order valence-corrected chi connectivity index (χ3v) is 3.73. The highest BCUT2D eigenvalue weighted by Gasteiger charge is 2.16. The molecule has 1 aromatic heterocycles. The molecule has 2 rings (SSSR count). The average Bonchev–Trinajstić information content (AvgIpc) is 2.33. The summed E-state index contributed by atoms with van der Waals surface area (Å²) in [4.78, 5) is 15.5. The van der Waals surface area contributed by atoms with Crippen molar-refractivity contribution in [3.8, 4) is 0 Å². The van der Waals surface area contributed by atoms with Crippen molar-refractivity contribution in [1.82, 2.24) is 4.98 Å². The quantitative estimate of drug-likeness (QED) is 0.686. The largest absolute Gasteiger partial charge is 0.384 e. The first-order chi connectivity index (χ1) is 8.97. The predicted octanol–water partition coefficient (Wildman–Crippen LogP) is 3.34. The van der Waals surface area contributed by atoms with Crippen molar-refractivity contribution < 1.29 is 4.92 Å². The van der Waals surface area contributed by atoms with E-state index in [0.29, 0.717) is 5.03 Å². The predicted molar refractivity (Wildman–Crippen MR) is 75.3 cm³/mol. The van der Waals surface area contributed by atoms with Crippen LogP contribution in [0, 0.1) is 24.0 Å². The van der Waals surface area contributed by atoms with Crippen LogP contribution < -0.4 is 5.73 Å². The van der Waals surface area contributed by atoms with Gasteiger partial charge < -0.3 is 5.73 Å². The number of aryl methyl sites for hydroxylation is 2. The van der Waals surface area contributed by atoms with Crippen molar-refractivity contribution >= 4 is 23.3 Å². The topological polar surface area (TPSA) is 82.0 Å². The van der Waals surface area contributed by atoms with E-state index in [1.807, 2.05) is 32.0 Å². The third-order valence-electron chi connectivity index (χ3n) is 2.75. The first-order valence-electron chi connectivity index (χ1n) is 5.63. The van der Waals surface area contributed by atoms with Crippen LogP contribution in [0.4, 0.5) is 11.5 Å². The Morgan fingerprint density at radius 2 is 1.95 bits per heavy atom. The Kier molecular flexibility index (Phi) is 3.71. The number of benzene rings is 1. The maximum absolute atomic E-state index is 11.0. The van der Waals surface area contributed by atoms with Gasteiger partial charge >= 0.3 is 5.69 Å². The zero-order valence-corrected chi connectivity index (χ0v) is 11.4. The van der Waals surface area contributed by atoms with Crippen LogP contribution in [0.3, 0.4) is 0 Å². The molecule has 0 unspecified atom stereocenters. The van der Waals surface area contributed by atoms with E-state index < -0.39 is 4.92 Å². The van der Waals surface area contributed by atoms with Gasteiger partial charge in [0.15, 0.2) is 5.03 Å². The summed E-state index contributed by atoms with van der Waals surface area (Å²) in [5.41, 5.74) is 7.87. The standard InChI is InChI=1S/C13H13N3O2S/c1-8-3-4-10(7-9(8)2)19-13-11(16(17)18)5-6-12(14)15-13/h3-7H,1-2H3,(H2,14,15). The Morgan fingerprint density at radius 1 is 1.21 bits per heavy atom. The van der Waals surface area contributed by atoms with E-state index in [-0.39, 0.29) is 11.5 Å². The Bertz CT molecular complexity index is 644. The molecule has 6 heteroatoms. The van der Waals surface area contributed by atoms with Gasteiger partial charge in [-0.15, -0.1) is 0 Å². The van der Waals surface area contributed by atoms with E-state index in [0.717, 1.165) is 10.5 Å². The van der Waals surface area contributed by atoms with Crippen LogP contribution in [0.5, 0.6) is 0 Å². The van der Waals surface area contributed by atoms with Crippen molar-refractivity contribution in [2.75, 3.05) is 5.73 Å². The maximum Gasteiger partial charge on any atom is 0.301 e. The molecule has 1 heterocycles. The zero-order valence-electron chi connectivity index (χ0n) is 10.6. The van der Waals surface area contributed by atoms with Crippen molar-refractivity contribution in [2.24, 2.45) is 0 Å². The van der Waals surface area contributed by atoms with Crippen LogP contribution in [-0.4, -0.2) is 9.91 Å². The van der Waals surface area contributed by atoms with Crippen molar-refractivity contribution in [3.63, 3.8) is 0 Å². The molecule has 0 saturated heterocycles. The Morgan fingerprint density at radius 3 is 2.58 bits per heavy atom. The van der Waals surface area contributed by atoms with Crippen molar-refractivity contribution in [2.45, 2.75) is 23.8 Å². The van der Waals surface area contributed by atoms with Gasteiger partial charge in [-0.05, 0) is 43.2 Å². The van der Waals surface area contributed by atoms with E-state index in [2.05, 4.69) is 4.98 Å². The molecule has 2 aromatic rings. The molecular formula is C13H13N3O2S. The number of nitrogens with zero attached hydrogens (tertiary/aromatic N) is 2. The van der Waals surface area contributed by atoms with Crippen LogP contribution in [0.2, 0.25) is 0 Å². The zero-order chi connectivity index (χ0) is 14.0. The molecule has 0 fully saturated rings. The number of nitrogen functional groups attached to an aromatic ring is 1. The van der Waals surface area contributed by atoms with Crippen LogP contribution in [0.1, 0.15) is 11.1 Å². The van der Waals surface area contributed by atoms with E-state index in [4.69, 9.17) is 5.73 Å². The summed E-state index contributed by atoms with van der Waals surface area (Å²) in [7, 11) is 0. The van der Waals surface area contributed by atoms with Crippen molar-refractivity contribution in [3.05, 3.63) is 51.6 Å². The second-order valence-corrected chi connectivity index (χ2v) is 5.23. The summed E-state index contributed by atoms with van der Waals surface area (Å²) in [5.74, 6) is 0.275. The summed E-state index contributed by atoms with van der Waals surface area (Å²) in [6, 6.07) is 8.69. The molecule has 0 radical (unpaired) electrons. The van der Waals surface area contributed by atoms with E-state index in [9.17, 15) is 10.1 Å². The smallest absolute Gasteiger partial charge is 0.301 e. The van der Waals surface area contributed by atoms with Gasteiger partial charge in [-0.25, -0.2) is 4.98 Å². The minimum atomic E-state index is -0.449. The summed E-state index contributed by atoms with van der Waals surface area (Å²) in [5, 5.41) is 11.3. The number of rotatable bonds is 3. The Labute approximate surface area is 115 Å². The van der Waals surface area contributed by atoms with Gasteiger partial charge in [-0.1, -0.05) is 17.8 Å². The number of nitro groups is 1. The van der Waals surface area contributed by atoms with Gasteiger partial charge in [0.2, 0.25) is 0 Å². The molecule has 0 aliphatic carbocycles. The summed E-state index contributed by atoms with van der Waals surface area (Å²) < 4.78 is 0. The number of aromatic nitrogens is 1. The van der Waals surface area contributed by atoms with Crippen LogP contribution in [0.15, 0.2) is 40.3 Å². The highest BCUT2D eigenvalue weighted by Crippen LogP contribution is 2.34. The normalized spacial score (nSPS) is 10.4. The van der Waals surface area contributed by atoms with E-state index in [1.165, 1.54) is 29.5 Å². The molecule has 0 aliphatic rings. The average molecular weight is 275 g/mol. The van der Waals surface area contributed by atoms with Crippen LogP contribution in [-0.2, 0) is 0 Å². The molecule has 0 amide bonds. The number of nitrogens with two attached hydrogens (primary N) is 1. The molecule has 0 bridgehead atoms. The van der Waals surface area contributed by atoms with Gasteiger partial charge in [0.25, 0.3) is 0 Å². The van der Waals surface area contributed by atoms with Crippen molar-refractivity contribution in [1.29, 1.82) is 0 Å². The molecule has 1 aromatic carbocycles. The SMILES string of the molecule is Cc1ccc(Sc2nc(N)ccc2[N+](=O)[O-])cc1C. The van der Waals surface area contributed by atoms with E-state index in [1.54, 1.807) is 0 Å². The molecule has 0 aliphatic heterocycles. The van der Waals surface area contributed by atoms with Gasteiger partial charge in [0.05, 0.1) is 4.92 Å². The minimum absolute atomic E-state index is 0.0302. The van der Waals surface area contributed by atoms with Gasteiger partial charge in [0.1, 0.15) is 5.82 Å². The number of pyridine rings is 1. The highest BCUT2D eigenvalue weighted by molar-refractivity contribution is 7.99. The van der Waals surface area contributed by atoms with Crippen LogP contribution in [0.25, 0.3) is 0 Å². The molecule has 0 saturated carbocycles. The monoisotopic (exact) mass is 275 g/mol. The first-order valence-corrected chi connectivity index (χ1v) is 6.45. The molecule has 19 heavy (non-hydrogen) atoms. The number of anilines is 1. The molecular weight excluding hydrogens is 262 g/mol. The fraction of sp³-hybridized carbons (Fsp3) is 0.154. The molecule has 2 N–H and O–H groups in total. The fourth-order valence-corrected chi connectivity index (χ4v) is 2.54. The fourth-order valence-electron chi connectivity index (χ4n) is 1.55.